The summed E-state index contributed by atoms with van der Waals surface area (Å²) in [7, 11) is -4.23. The van der Waals surface area contributed by atoms with Gasteiger partial charge in [-0.3, -0.25) is 0 Å². The molecule has 158 valence electrons. The molecular formula is C18H17F5N2O3S. The van der Waals surface area contributed by atoms with Crippen LogP contribution in [0, 0.1) is 11.6 Å². The van der Waals surface area contributed by atoms with Crippen molar-refractivity contribution in [2.45, 2.75) is 29.6 Å². The lowest BCUT2D eigenvalue weighted by Crippen LogP contribution is -2.52. The lowest BCUT2D eigenvalue weighted by atomic mass is 9.82. The van der Waals surface area contributed by atoms with Gasteiger partial charge in [-0.15, -0.1) is 13.2 Å². The Morgan fingerprint density at radius 2 is 1.62 bits per heavy atom. The first kappa shape index (κ1) is 21.5. The molecule has 0 atom stereocenters. The molecular weight excluding hydrogens is 419 g/mol. The minimum atomic E-state index is -4.90. The molecule has 0 radical (unpaired) electrons. The van der Waals surface area contributed by atoms with Crippen LogP contribution in [0.15, 0.2) is 47.4 Å². The summed E-state index contributed by atoms with van der Waals surface area (Å²) in [6, 6.07) is 6.57. The summed E-state index contributed by atoms with van der Waals surface area (Å²) < 4.78 is 96.5. The molecule has 1 heterocycles. The van der Waals surface area contributed by atoms with E-state index in [0.717, 1.165) is 30.3 Å². The monoisotopic (exact) mass is 436 g/mol. The molecule has 1 fully saturated rings. The third kappa shape index (κ3) is 5.03. The van der Waals surface area contributed by atoms with Gasteiger partial charge in [0.15, 0.2) is 0 Å². The Labute approximate surface area is 163 Å². The summed E-state index contributed by atoms with van der Waals surface area (Å²) in [5.41, 5.74) is -1.33. The van der Waals surface area contributed by atoms with Crippen molar-refractivity contribution in [3.63, 3.8) is 0 Å². The Morgan fingerprint density at radius 3 is 2.17 bits per heavy atom. The van der Waals surface area contributed by atoms with Crippen LogP contribution in [-0.2, 0) is 15.6 Å². The maximum atomic E-state index is 14.4. The summed E-state index contributed by atoms with van der Waals surface area (Å²) in [6.45, 7) is 0.773. The molecule has 0 spiro atoms. The van der Waals surface area contributed by atoms with Gasteiger partial charge in [-0.2, -0.15) is 0 Å². The highest BCUT2D eigenvalue weighted by Gasteiger charge is 2.40. The normalized spacial score (nSPS) is 17.1. The molecule has 3 rings (SSSR count). The zero-order chi connectivity index (χ0) is 21.3. The molecule has 1 aliphatic rings. The summed E-state index contributed by atoms with van der Waals surface area (Å²) in [5, 5.41) is 3.04. The second kappa shape index (κ2) is 7.88. The Hall–Kier alpha value is -2.24. The quantitative estimate of drug-likeness (QED) is 0.705. The van der Waals surface area contributed by atoms with Crippen molar-refractivity contribution in [1.29, 1.82) is 0 Å². The van der Waals surface area contributed by atoms with Crippen molar-refractivity contribution in [2.24, 2.45) is 0 Å². The van der Waals surface area contributed by atoms with Gasteiger partial charge < -0.3 is 10.1 Å². The van der Waals surface area contributed by atoms with Crippen LogP contribution < -0.4 is 14.8 Å². The van der Waals surface area contributed by atoms with Gasteiger partial charge >= 0.3 is 6.36 Å². The molecule has 1 saturated heterocycles. The van der Waals surface area contributed by atoms with Crippen molar-refractivity contribution < 1.29 is 35.1 Å². The number of benzene rings is 2. The zero-order valence-corrected chi connectivity index (χ0v) is 15.7. The summed E-state index contributed by atoms with van der Waals surface area (Å²) in [5.74, 6) is -2.25. The van der Waals surface area contributed by atoms with Crippen LogP contribution in [0.3, 0.4) is 0 Å². The van der Waals surface area contributed by atoms with Crippen molar-refractivity contribution in [3.05, 3.63) is 59.7 Å². The first-order valence-electron chi connectivity index (χ1n) is 8.57. The standard InChI is InChI=1S/C18H17F5N2O3S/c19-12-1-6-15(16(20)11-12)17(7-9-24-10-8-17)25-29(26,27)14-4-2-13(3-5-14)28-18(21,22)23/h1-6,11,24-25H,7-10H2. The molecule has 5 nitrogen and oxygen atoms in total. The lowest BCUT2D eigenvalue weighted by Gasteiger charge is -2.38. The van der Waals surface area contributed by atoms with Gasteiger partial charge in [0.2, 0.25) is 10.0 Å². The number of ether oxygens (including phenoxy) is 1. The zero-order valence-electron chi connectivity index (χ0n) is 14.9. The summed E-state index contributed by atoms with van der Waals surface area (Å²) in [6.07, 6.45) is -4.51. The number of piperidine rings is 1. The van der Waals surface area contributed by atoms with E-state index in [2.05, 4.69) is 14.8 Å². The van der Waals surface area contributed by atoms with E-state index in [0.29, 0.717) is 19.2 Å². The first-order chi connectivity index (χ1) is 13.5. The Kier molecular flexibility index (Phi) is 5.84. The average Bonchev–Trinajstić information content (AvgIpc) is 2.61. The number of halogens is 5. The van der Waals surface area contributed by atoms with Crippen LogP contribution in [0.25, 0.3) is 0 Å². The number of nitrogens with one attached hydrogen (secondary N) is 2. The Bertz CT molecular complexity index is 972. The number of hydrogen-bond donors (Lipinski definition) is 2. The van der Waals surface area contributed by atoms with Crippen LogP contribution in [0.2, 0.25) is 0 Å². The van der Waals surface area contributed by atoms with E-state index in [-0.39, 0.29) is 23.3 Å². The van der Waals surface area contributed by atoms with Crippen LogP contribution in [0.4, 0.5) is 22.0 Å². The molecule has 0 aliphatic carbocycles. The molecule has 1 aliphatic heterocycles. The van der Waals surface area contributed by atoms with E-state index in [1.807, 2.05) is 0 Å². The number of rotatable bonds is 5. The minimum Gasteiger partial charge on any atom is -0.406 e. The fraction of sp³-hybridized carbons (Fsp3) is 0.333. The number of alkyl halides is 3. The average molecular weight is 436 g/mol. The van der Waals surface area contributed by atoms with Crippen LogP contribution in [-0.4, -0.2) is 27.9 Å². The largest absolute Gasteiger partial charge is 0.573 e. The Balaban J connectivity index is 1.93. The van der Waals surface area contributed by atoms with Gasteiger partial charge in [-0.25, -0.2) is 21.9 Å². The van der Waals surface area contributed by atoms with Gasteiger partial charge in [-0.1, -0.05) is 6.07 Å². The van der Waals surface area contributed by atoms with Crippen LogP contribution in [0.5, 0.6) is 5.75 Å². The molecule has 2 aromatic carbocycles. The molecule has 11 heteroatoms. The highest BCUT2D eigenvalue weighted by Crippen LogP contribution is 2.35. The molecule has 0 unspecified atom stereocenters. The van der Waals surface area contributed by atoms with E-state index in [4.69, 9.17) is 0 Å². The lowest BCUT2D eigenvalue weighted by molar-refractivity contribution is -0.274. The third-order valence-electron chi connectivity index (χ3n) is 4.60. The topological polar surface area (TPSA) is 67.4 Å². The first-order valence-corrected chi connectivity index (χ1v) is 10.1. The van der Waals surface area contributed by atoms with Crippen molar-refractivity contribution in [1.82, 2.24) is 10.0 Å². The second-order valence-electron chi connectivity index (χ2n) is 6.58. The predicted molar refractivity (Wildman–Crippen MR) is 93.6 cm³/mol. The van der Waals surface area contributed by atoms with E-state index in [1.165, 1.54) is 6.07 Å². The van der Waals surface area contributed by atoms with Gasteiger partial charge in [-0.05, 0) is 56.3 Å². The predicted octanol–water partition coefficient (Wildman–Crippen LogP) is 3.42. The highest BCUT2D eigenvalue weighted by atomic mass is 32.2. The highest BCUT2D eigenvalue weighted by molar-refractivity contribution is 7.89. The van der Waals surface area contributed by atoms with Gasteiger partial charge in [0.05, 0.1) is 10.4 Å². The van der Waals surface area contributed by atoms with E-state index >= 15 is 0 Å². The smallest absolute Gasteiger partial charge is 0.406 e. The van der Waals surface area contributed by atoms with Gasteiger partial charge in [0.25, 0.3) is 0 Å². The summed E-state index contributed by atoms with van der Waals surface area (Å²) in [4.78, 5) is -0.313. The maximum Gasteiger partial charge on any atom is 0.573 e. The van der Waals surface area contributed by atoms with Gasteiger partial charge in [0, 0.05) is 11.6 Å². The van der Waals surface area contributed by atoms with Crippen molar-refractivity contribution in [3.8, 4) is 5.75 Å². The van der Waals surface area contributed by atoms with E-state index in [1.54, 1.807) is 0 Å². The third-order valence-corrected chi connectivity index (χ3v) is 6.15. The van der Waals surface area contributed by atoms with E-state index in [9.17, 15) is 30.4 Å². The molecule has 0 aromatic heterocycles. The molecule has 29 heavy (non-hydrogen) atoms. The fourth-order valence-corrected chi connectivity index (χ4v) is 4.73. The molecule has 0 bridgehead atoms. The second-order valence-corrected chi connectivity index (χ2v) is 8.26. The van der Waals surface area contributed by atoms with E-state index < -0.39 is 39.3 Å². The molecule has 0 saturated carbocycles. The van der Waals surface area contributed by atoms with Crippen molar-refractivity contribution in [2.75, 3.05) is 13.1 Å². The fourth-order valence-electron chi connectivity index (χ4n) is 3.29. The molecule has 2 aromatic rings. The minimum absolute atomic E-state index is 0.000926. The number of sulfonamides is 1. The summed E-state index contributed by atoms with van der Waals surface area (Å²) >= 11 is 0. The van der Waals surface area contributed by atoms with Crippen LogP contribution >= 0.6 is 0 Å². The maximum absolute atomic E-state index is 14.4. The van der Waals surface area contributed by atoms with Crippen molar-refractivity contribution >= 4 is 10.0 Å². The Morgan fingerprint density at radius 1 is 1.00 bits per heavy atom. The molecule has 0 amide bonds. The van der Waals surface area contributed by atoms with Crippen LogP contribution in [0.1, 0.15) is 18.4 Å². The van der Waals surface area contributed by atoms with Gasteiger partial charge in [0.1, 0.15) is 17.4 Å². The molecule has 2 N–H and O–H groups in total. The number of hydrogen-bond acceptors (Lipinski definition) is 4. The SMILES string of the molecule is O=S(=O)(NC1(c2ccc(F)cc2F)CCNCC1)c1ccc(OC(F)(F)F)cc1.